The first-order chi connectivity index (χ1) is 11.0. The van der Waals surface area contributed by atoms with Crippen molar-refractivity contribution in [3.05, 3.63) is 51.2 Å². The largest absolute Gasteiger partial charge is 0.305 e. The Bertz CT molecular complexity index is 839. The van der Waals surface area contributed by atoms with Gasteiger partial charge in [-0.05, 0) is 43.3 Å². The molecule has 0 unspecified atom stereocenters. The fourth-order valence-electron chi connectivity index (χ4n) is 2.08. The van der Waals surface area contributed by atoms with E-state index in [0.717, 1.165) is 26.3 Å². The number of thiophene rings is 1. The van der Waals surface area contributed by atoms with E-state index in [2.05, 4.69) is 10.2 Å². The summed E-state index contributed by atoms with van der Waals surface area (Å²) < 4.78 is 1.89. The van der Waals surface area contributed by atoms with E-state index in [0.29, 0.717) is 10.8 Å². The zero-order valence-corrected chi connectivity index (χ0v) is 15.0. The Morgan fingerprint density at radius 2 is 1.96 bits per heavy atom. The number of benzene rings is 1. The van der Waals surface area contributed by atoms with E-state index in [-0.39, 0.29) is 5.78 Å². The predicted molar refractivity (Wildman–Crippen MR) is 95.6 cm³/mol. The lowest BCUT2D eigenvalue weighted by Gasteiger charge is -2.03. The molecule has 7 heteroatoms. The molecule has 3 aromatic rings. The highest BCUT2D eigenvalue weighted by molar-refractivity contribution is 7.99. The van der Waals surface area contributed by atoms with Gasteiger partial charge < -0.3 is 4.57 Å². The second kappa shape index (κ2) is 6.86. The van der Waals surface area contributed by atoms with Gasteiger partial charge in [0.1, 0.15) is 0 Å². The second-order valence-corrected chi connectivity index (χ2v) is 7.66. The lowest BCUT2D eigenvalue weighted by molar-refractivity contribution is 0.102. The van der Waals surface area contributed by atoms with Crippen molar-refractivity contribution in [2.75, 3.05) is 5.75 Å². The van der Waals surface area contributed by atoms with Gasteiger partial charge in [-0.1, -0.05) is 23.4 Å². The number of carbonyl (C=O) groups is 1. The molecule has 4 nitrogen and oxygen atoms in total. The quantitative estimate of drug-likeness (QED) is 0.495. The summed E-state index contributed by atoms with van der Waals surface area (Å²) in [5.74, 6) is 1.22. The fraction of sp³-hybridized carbons (Fsp3) is 0.188. The summed E-state index contributed by atoms with van der Waals surface area (Å²) in [6.07, 6.45) is 0. The molecular formula is C16H14ClN3OS2. The van der Waals surface area contributed by atoms with Gasteiger partial charge in [0.15, 0.2) is 16.8 Å². The molecule has 3 rings (SSSR count). The normalized spacial score (nSPS) is 10.9. The molecular weight excluding hydrogens is 350 g/mol. The van der Waals surface area contributed by atoms with Gasteiger partial charge in [0.25, 0.3) is 0 Å². The van der Waals surface area contributed by atoms with Crippen LogP contribution >= 0.6 is 34.7 Å². The number of thioether (sulfide) groups is 1. The topological polar surface area (TPSA) is 47.8 Å². The van der Waals surface area contributed by atoms with Gasteiger partial charge in [0.2, 0.25) is 0 Å². The molecule has 2 heterocycles. The van der Waals surface area contributed by atoms with Gasteiger partial charge in [-0.3, -0.25) is 4.79 Å². The number of ketones is 1. The van der Waals surface area contributed by atoms with Crippen molar-refractivity contribution in [1.82, 2.24) is 14.8 Å². The summed E-state index contributed by atoms with van der Waals surface area (Å²) in [7, 11) is 1.89. The zero-order chi connectivity index (χ0) is 16.4. The van der Waals surface area contributed by atoms with Gasteiger partial charge in [-0.2, -0.15) is 0 Å². The maximum absolute atomic E-state index is 12.2. The molecule has 0 atom stereocenters. The van der Waals surface area contributed by atoms with Crippen molar-refractivity contribution < 1.29 is 4.79 Å². The van der Waals surface area contributed by atoms with Gasteiger partial charge >= 0.3 is 0 Å². The molecule has 0 fully saturated rings. The molecule has 0 spiro atoms. The van der Waals surface area contributed by atoms with E-state index in [1.54, 1.807) is 0 Å². The number of nitrogens with zero attached hydrogens (tertiary/aromatic N) is 3. The highest BCUT2D eigenvalue weighted by Gasteiger charge is 2.14. The summed E-state index contributed by atoms with van der Waals surface area (Å²) in [5.41, 5.74) is 0.941. The van der Waals surface area contributed by atoms with E-state index < -0.39 is 0 Å². The van der Waals surface area contributed by atoms with Crippen molar-refractivity contribution >= 4 is 40.5 Å². The van der Waals surface area contributed by atoms with Crippen LogP contribution in [0, 0.1) is 6.92 Å². The Kier molecular flexibility index (Phi) is 4.84. The number of halogens is 1. The third-order valence-electron chi connectivity index (χ3n) is 3.28. The number of hydrogen-bond acceptors (Lipinski definition) is 5. The van der Waals surface area contributed by atoms with Crippen molar-refractivity contribution in [2.24, 2.45) is 7.05 Å². The number of aromatic nitrogens is 3. The molecule has 0 saturated carbocycles. The zero-order valence-electron chi connectivity index (χ0n) is 12.6. The number of aryl methyl sites for hydroxylation is 1. The first kappa shape index (κ1) is 16.2. The predicted octanol–water partition coefficient (Wildman–Crippen LogP) is 4.48. The highest BCUT2D eigenvalue weighted by atomic mass is 35.5. The van der Waals surface area contributed by atoms with Gasteiger partial charge in [-0.15, -0.1) is 21.5 Å². The lowest BCUT2D eigenvalue weighted by Crippen LogP contribution is -2.02. The Morgan fingerprint density at radius 3 is 2.61 bits per heavy atom. The second-order valence-electron chi connectivity index (χ2n) is 4.99. The molecule has 118 valence electrons. The average Bonchev–Trinajstić information content (AvgIpc) is 3.12. The average molecular weight is 364 g/mol. The molecule has 0 radical (unpaired) electrons. The van der Waals surface area contributed by atoms with Gasteiger partial charge in [0, 0.05) is 22.5 Å². The molecule has 23 heavy (non-hydrogen) atoms. The highest BCUT2D eigenvalue weighted by Crippen LogP contribution is 2.25. The van der Waals surface area contributed by atoms with Crippen molar-refractivity contribution in [3.63, 3.8) is 0 Å². The number of rotatable bonds is 5. The SMILES string of the molecule is Cc1ccc(C(=O)CSc2nnc(-c3ccc(Cl)cc3)n2C)s1. The van der Waals surface area contributed by atoms with Crippen LogP contribution in [0.2, 0.25) is 5.02 Å². The Balaban J connectivity index is 1.72. The Morgan fingerprint density at radius 1 is 1.22 bits per heavy atom. The fourth-order valence-corrected chi connectivity index (χ4v) is 3.89. The van der Waals surface area contributed by atoms with Crippen LogP contribution in [0.5, 0.6) is 0 Å². The summed E-state index contributed by atoms with van der Waals surface area (Å²) in [6, 6.07) is 11.3. The monoisotopic (exact) mass is 363 g/mol. The maximum Gasteiger partial charge on any atom is 0.191 e. The molecule has 2 aromatic heterocycles. The number of carbonyl (C=O) groups excluding carboxylic acids is 1. The summed E-state index contributed by atoms with van der Waals surface area (Å²) >= 11 is 8.82. The van der Waals surface area contributed by atoms with Gasteiger partial charge in [-0.25, -0.2) is 0 Å². The van der Waals surface area contributed by atoms with Crippen LogP contribution in [0.3, 0.4) is 0 Å². The smallest absolute Gasteiger partial charge is 0.191 e. The molecule has 0 saturated heterocycles. The van der Waals surface area contributed by atoms with Crippen LogP contribution in [0.25, 0.3) is 11.4 Å². The lowest BCUT2D eigenvalue weighted by atomic mass is 10.2. The van der Waals surface area contributed by atoms with E-state index in [4.69, 9.17) is 11.6 Å². The first-order valence-electron chi connectivity index (χ1n) is 6.92. The molecule has 0 bridgehead atoms. The minimum Gasteiger partial charge on any atom is -0.305 e. The van der Waals surface area contributed by atoms with E-state index >= 15 is 0 Å². The summed E-state index contributed by atoms with van der Waals surface area (Å²) in [4.78, 5) is 14.1. The molecule has 0 N–H and O–H groups in total. The standard InChI is InChI=1S/C16H14ClN3OS2/c1-10-3-8-14(23-10)13(21)9-22-16-19-18-15(20(16)2)11-4-6-12(17)7-5-11/h3-8H,9H2,1-2H3. The molecule has 0 aliphatic carbocycles. The molecule has 0 aliphatic heterocycles. The third-order valence-corrected chi connectivity index (χ3v) is 5.60. The molecule has 1 aromatic carbocycles. The minimum absolute atomic E-state index is 0.115. The van der Waals surface area contributed by atoms with Crippen LogP contribution < -0.4 is 0 Å². The third kappa shape index (κ3) is 3.65. The molecule has 0 amide bonds. The van der Waals surface area contributed by atoms with E-state index in [1.807, 2.05) is 54.9 Å². The van der Waals surface area contributed by atoms with Crippen LogP contribution in [0.15, 0.2) is 41.6 Å². The number of hydrogen-bond donors (Lipinski definition) is 0. The van der Waals surface area contributed by atoms with E-state index in [1.165, 1.54) is 23.1 Å². The van der Waals surface area contributed by atoms with Crippen molar-refractivity contribution in [3.8, 4) is 11.4 Å². The van der Waals surface area contributed by atoms with Crippen LogP contribution in [0.1, 0.15) is 14.5 Å². The maximum atomic E-state index is 12.2. The van der Waals surface area contributed by atoms with E-state index in [9.17, 15) is 4.79 Å². The minimum atomic E-state index is 0.115. The van der Waals surface area contributed by atoms with Crippen LogP contribution in [0.4, 0.5) is 0 Å². The Labute approximate surface area is 147 Å². The first-order valence-corrected chi connectivity index (χ1v) is 9.10. The van der Waals surface area contributed by atoms with Crippen molar-refractivity contribution in [1.29, 1.82) is 0 Å². The van der Waals surface area contributed by atoms with Crippen molar-refractivity contribution in [2.45, 2.75) is 12.1 Å². The van der Waals surface area contributed by atoms with Gasteiger partial charge in [0.05, 0.1) is 10.6 Å². The Hall–Kier alpha value is -1.63. The molecule has 0 aliphatic rings. The summed E-state index contributed by atoms with van der Waals surface area (Å²) in [6.45, 7) is 2.00. The van der Waals surface area contributed by atoms with Crippen LogP contribution in [-0.4, -0.2) is 26.3 Å². The number of Topliss-reactive ketones (excluding diaryl/α,β-unsaturated/α-hetero) is 1. The van der Waals surface area contributed by atoms with Crippen LogP contribution in [-0.2, 0) is 7.05 Å². The summed E-state index contributed by atoms with van der Waals surface area (Å²) in [5, 5.41) is 9.79.